The normalized spacial score (nSPS) is 24.3. The molecule has 0 unspecified atom stereocenters. The minimum absolute atomic E-state index is 0.0352. The van der Waals surface area contributed by atoms with Crippen molar-refractivity contribution in [3.8, 4) is 0 Å². The lowest BCUT2D eigenvalue weighted by atomic mass is 9.84. The van der Waals surface area contributed by atoms with Gasteiger partial charge in [-0.1, -0.05) is 0 Å². The molecule has 1 atom stereocenters. The highest BCUT2D eigenvalue weighted by atomic mass is 19.4. The Balaban J connectivity index is 1.50. The fourth-order valence-electron chi connectivity index (χ4n) is 3.81. The topological polar surface area (TPSA) is 84.7 Å². The predicted molar refractivity (Wildman–Crippen MR) is 90.8 cm³/mol. The molecule has 1 N–H and O–H groups in total. The lowest BCUT2D eigenvalue weighted by molar-refractivity contribution is -0.161. The zero-order valence-electron chi connectivity index (χ0n) is 14.8. The van der Waals surface area contributed by atoms with Crippen LogP contribution in [-0.2, 0) is 4.74 Å². The fourth-order valence-corrected chi connectivity index (χ4v) is 3.81. The van der Waals surface area contributed by atoms with E-state index in [1.807, 2.05) is 0 Å². The van der Waals surface area contributed by atoms with Crippen molar-refractivity contribution in [2.24, 2.45) is 5.92 Å². The van der Waals surface area contributed by atoms with Gasteiger partial charge in [-0.3, -0.25) is 4.79 Å². The number of carbonyl (C=O) groups is 2. The third-order valence-electron chi connectivity index (χ3n) is 5.25. The van der Waals surface area contributed by atoms with Crippen LogP contribution in [0.2, 0.25) is 0 Å². The van der Waals surface area contributed by atoms with Crippen LogP contribution < -0.4 is 5.32 Å². The molecular formula is C18H18F3N3O4. The lowest BCUT2D eigenvalue weighted by Crippen LogP contribution is -2.57. The number of esters is 1. The largest absolute Gasteiger partial charge is 0.462 e. The van der Waals surface area contributed by atoms with Crippen molar-refractivity contribution >= 4 is 22.8 Å². The van der Waals surface area contributed by atoms with Crippen LogP contribution in [0.1, 0.15) is 33.7 Å². The number of nitrogens with zero attached hydrogens (tertiary/aromatic N) is 2. The monoisotopic (exact) mass is 397 g/mol. The Labute approximate surface area is 157 Å². The van der Waals surface area contributed by atoms with Gasteiger partial charge in [0, 0.05) is 18.0 Å². The first-order valence-electron chi connectivity index (χ1n) is 8.94. The maximum atomic E-state index is 12.6. The number of carbonyl (C=O) groups excluding carboxylic acids is 2. The molecule has 0 aromatic carbocycles. The first kappa shape index (κ1) is 18.7. The van der Waals surface area contributed by atoms with Gasteiger partial charge >= 0.3 is 12.1 Å². The van der Waals surface area contributed by atoms with Crippen LogP contribution >= 0.6 is 0 Å². The van der Waals surface area contributed by atoms with E-state index in [2.05, 4.69) is 19.9 Å². The van der Waals surface area contributed by atoms with Crippen LogP contribution in [0.3, 0.4) is 0 Å². The molecule has 28 heavy (non-hydrogen) atoms. The quantitative estimate of drug-likeness (QED) is 0.798. The van der Waals surface area contributed by atoms with Gasteiger partial charge in [0.15, 0.2) is 12.2 Å². The van der Waals surface area contributed by atoms with Crippen molar-refractivity contribution in [2.75, 3.05) is 26.2 Å². The molecule has 5 rings (SSSR count). The Morgan fingerprint density at radius 3 is 2.71 bits per heavy atom. The number of hydrogen-bond acceptors (Lipinski definition) is 6. The van der Waals surface area contributed by atoms with Gasteiger partial charge in [0.25, 0.3) is 5.91 Å². The number of halogens is 3. The number of amides is 1. The average molecular weight is 397 g/mol. The van der Waals surface area contributed by atoms with Gasteiger partial charge in [-0.15, -0.1) is 0 Å². The third-order valence-corrected chi connectivity index (χ3v) is 5.25. The number of fused-ring (bicyclic) bond motifs is 4. The second-order valence-corrected chi connectivity index (χ2v) is 7.12. The molecule has 3 aliphatic rings. The molecule has 10 heteroatoms. The third kappa shape index (κ3) is 3.82. The summed E-state index contributed by atoms with van der Waals surface area (Å²) >= 11 is 0. The maximum Gasteiger partial charge on any atom is 0.422 e. The van der Waals surface area contributed by atoms with Crippen LogP contribution in [0, 0.1) is 5.92 Å². The number of alkyl halides is 3. The minimum Gasteiger partial charge on any atom is -0.462 e. The van der Waals surface area contributed by atoms with Gasteiger partial charge in [0.05, 0.1) is 6.20 Å². The van der Waals surface area contributed by atoms with Crippen molar-refractivity contribution in [1.82, 2.24) is 15.2 Å². The summed E-state index contributed by atoms with van der Waals surface area (Å²) in [7, 11) is 0. The average Bonchev–Trinajstić information content (AvgIpc) is 3.10. The molecule has 3 saturated heterocycles. The van der Waals surface area contributed by atoms with Gasteiger partial charge in [0.1, 0.15) is 17.5 Å². The minimum atomic E-state index is -4.63. The zero-order valence-corrected chi connectivity index (χ0v) is 14.8. The lowest BCUT2D eigenvalue weighted by Gasteiger charge is -2.44. The summed E-state index contributed by atoms with van der Waals surface area (Å²) in [5, 5.41) is 3.16. The highest BCUT2D eigenvalue weighted by Gasteiger charge is 2.35. The highest BCUT2D eigenvalue weighted by Crippen LogP contribution is 2.28. The number of furan rings is 1. The van der Waals surface area contributed by atoms with Crippen LogP contribution in [0.5, 0.6) is 0 Å². The number of nitrogens with one attached hydrogen (secondary N) is 1. The summed E-state index contributed by atoms with van der Waals surface area (Å²) in [6.45, 7) is 1.18. The summed E-state index contributed by atoms with van der Waals surface area (Å²) in [5.41, 5.74) is 0.0621. The first-order valence-corrected chi connectivity index (χ1v) is 8.94. The van der Waals surface area contributed by atoms with Crippen molar-refractivity contribution in [2.45, 2.75) is 25.1 Å². The first-order chi connectivity index (χ1) is 13.3. The van der Waals surface area contributed by atoms with Crippen LogP contribution in [0.4, 0.5) is 13.2 Å². The summed E-state index contributed by atoms with van der Waals surface area (Å²) in [4.78, 5) is 30.9. The van der Waals surface area contributed by atoms with E-state index in [1.165, 1.54) is 12.3 Å². The molecule has 0 aliphatic carbocycles. The van der Waals surface area contributed by atoms with Crippen molar-refractivity contribution < 1.29 is 31.9 Å². The SMILES string of the molecule is O=C(N[C@H]1CN2CCC1CC2)c1cc2c(C(=O)OCC(F)(F)F)coc2cn1. The number of ether oxygens (including phenoxy) is 1. The van der Waals surface area contributed by atoms with E-state index in [-0.39, 0.29) is 28.3 Å². The molecule has 7 nitrogen and oxygen atoms in total. The van der Waals surface area contributed by atoms with Gasteiger partial charge in [-0.25, -0.2) is 9.78 Å². The van der Waals surface area contributed by atoms with E-state index >= 15 is 0 Å². The standard InChI is InChI=1S/C18H18F3N3O4/c19-18(20,21)9-28-17(26)12-8-27-15-6-22-13(5-11(12)15)16(25)23-14-7-24-3-1-10(14)2-4-24/h5-6,8,10,14H,1-4,7,9H2,(H,23,25)/t14-/m0/s1. The molecule has 5 heterocycles. The van der Waals surface area contributed by atoms with Crippen LogP contribution in [0.25, 0.3) is 11.0 Å². The van der Waals surface area contributed by atoms with Crippen molar-refractivity contribution in [3.05, 3.63) is 29.8 Å². The molecule has 0 spiro atoms. The predicted octanol–water partition coefficient (Wildman–Crippen LogP) is 2.37. The van der Waals surface area contributed by atoms with Crippen LogP contribution in [0.15, 0.2) is 22.9 Å². The molecule has 1 amide bonds. The van der Waals surface area contributed by atoms with E-state index in [1.54, 1.807) is 0 Å². The molecule has 0 radical (unpaired) electrons. The van der Waals surface area contributed by atoms with E-state index in [9.17, 15) is 22.8 Å². The molecule has 2 bridgehead atoms. The number of rotatable bonds is 4. The van der Waals surface area contributed by atoms with Crippen molar-refractivity contribution in [3.63, 3.8) is 0 Å². The Morgan fingerprint density at radius 1 is 1.32 bits per heavy atom. The molecule has 0 saturated carbocycles. The summed E-state index contributed by atoms with van der Waals surface area (Å²) in [5.74, 6) is -1.14. The molecule has 150 valence electrons. The number of piperidine rings is 3. The number of hydrogen-bond donors (Lipinski definition) is 1. The molecule has 3 fully saturated rings. The Bertz CT molecular complexity index is 903. The Morgan fingerprint density at radius 2 is 2.07 bits per heavy atom. The Kier molecular flexibility index (Phi) is 4.74. The van der Waals surface area contributed by atoms with E-state index in [0.29, 0.717) is 5.92 Å². The summed E-state index contributed by atoms with van der Waals surface area (Å²) in [6.07, 6.45) is -0.290. The highest BCUT2D eigenvalue weighted by molar-refractivity contribution is 6.05. The summed E-state index contributed by atoms with van der Waals surface area (Å²) in [6, 6.07) is 1.37. The smallest absolute Gasteiger partial charge is 0.422 e. The van der Waals surface area contributed by atoms with Crippen molar-refractivity contribution in [1.29, 1.82) is 0 Å². The summed E-state index contributed by atoms with van der Waals surface area (Å²) < 4.78 is 46.2. The maximum absolute atomic E-state index is 12.6. The molecule has 2 aromatic rings. The number of pyridine rings is 1. The second kappa shape index (κ2) is 7.08. The Hall–Kier alpha value is -2.62. The van der Waals surface area contributed by atoms with Gasteiger partial charge in [-0.2, -0.15) is 13.2 Å². The van der Waals surface area contributed by atoms with Gasteiger partial charge < -0.3 is 19.4 Å². The van der Waals surface area contributed by atoms with E-state index < -0.39 is 24.7 Å². The molecular weight excluding hydrogens is 379 g/mol. The van der Waals surface area contributed by atoms with E-state index in [0.717, 1.165) is 38.7 Å². The van der Waals surface area contributed by atoms with Gasteiger partial charge in [0.2, 0.25) is 0 Å². The van der Waals surface area contributed by atoms with E-state index in [4.69, 9.17) is 4.42 Å². The molecule has 2 aromatic heterocycles. The second-order valence-electron chi connectivity index (χ2n) is 7.12. The number of aromatic nitrogens is 1. The van der Waals surface area contributed by atoms with Crippen LogP contribution in [-0.4, -0.2) is 60.2 Å². The molecule has 3 aliphatic heterocycles. The van der Waals surface area contributed by atoms with Gasteiger partial charge in [-0.05, 0) is 37.9 Å². The fraction of sp³-hybridized carbons (Fsp3) is 0.500. The zero-order chi connectivity index (χ0) is 19.9.